The van der Waals surface area contributed by atoms with Crippen LogP contribution < -0.4 is 24.0 Å². The van der Waals surface area contributed by atoms with Crippen LogP contribution in [0.3, 0.4) is 0 Å². The number of carboxylic acid groups (broad SMARTS) is 1. The van der Waals surface area contributed by atoms with E-state index >= 15 is 0 Å². The third-order valence-corrected chi connectivity index (χ3v) is 0.703. The summed E-state index contributed by atoms with van der Waals surface area (Å²) in [4.78, 5) is 9.50. The van der Waals surface area contributed by atoms with Gasteiger partial charge in [-0.2, -0.15) is 0 Å². The molecule has 0 aliphatic rings. The molecule has 0 fully saturated rings. The van der Waals surface area contributed by atoms with E-state index in [0.717, 1.165) is 0 Å². The van der Waals surface area contributed by atoms with E-state index in [4.69, 9.17) is 5.11 Å². The Kier molecular flexibility index (Phi) is 4.91. The zero-order valence-corrected chi connectivity index (χ0v) is 5.60. The summed E-state index contributed by atoms with van der Waals surface area (Å²) in [6.45, 7) is 0.299. The van der Waals surface area contributed by atoms with E-state index in [9.17, 15) is 18.7 Å². The van der Waals surface area contributed by atoms with Crippen LogP contribution in [0.15, 0.2) is 0 Å². The Balaban J connectivity index is 0. The average molecular weight is 146 g/mol. The second kappa shape index (κ2) is 3.91. The normalized spacial score (nSPS) is 13.6. The number of aliphatic hydroxyl groups is 1. The molecule has 54 valence electrons. The quantitative estimate of drug-likeness (QED) is 0.401. The van der Waals surface area contributed by atoms with E-state index in [0.29, 0.717) is 6.92 Å². The summed E-state index contributed by atoms with van der Waals surface area (Å²) in [5, 5.41) is 17.6. The minimum absolute atomic E-state index is 0. The fourth-order valence-corrected chi connectivity index (χ4v) is 0.207. The van der Waals surface area contributed by atoms with Crippen molar-refractivity contribution in [1.29, 1.82) is 0 Å². The van der Waals surface area contributed by atoms with Crippen LogP contribution in [0.5, 0.6) is 0 Å². The van der Waals surface area contributed by atoms with Gasteiger partial charge in [-0.25, -0.2) is 8.78 Å². The van der Waals surface area contributed by atoms with Gasteiger partial charge in [-0.3, -0.25) is 0 Å². The van der Waals surface area contributed by atoms with Gasteiger partial charge in [0, 0.05) is 6.92 Å². The topological polar surface area (TPSA) is 60.4 Å². The molecule has 0 rings (SSSR count). The number of carbonyl (C=O) groups excluding carboxylic acids is 1. The molecule has 1 atom stereocenters. The molecule has 0 radical (unpaired) electrons. The van der Waals surface area contributed by atoms with Crippen molar-refractivity contribution in [3.8, 4) is 0 Å². The van der Waals surface area contributed by atoms with Crippen molar-refractivity contribution < 1.29 is 42.6 Å². The molecule has 3 nitrogen and oxygen atoms in total. The van der Waals surface area contributed by atoms with E-state index in [-0.39, 0.29) is 18.9 Å². The van der Waals surface area contributed by atoms with E-state index in [1.54, 1.807) is 0 Å². The fraction of sp³-hybridized carbons (Fsp3) is 0.750. The molecule has 0 aromatic rings. The van der Waals surface area contributed by atoms with Crippen LogP contribution in [0.25, 0.3) is 0 Å². The summed E-state index contributed by atoms with van der Waals surface area (Å²) in [5.74, 6) is -5.79. The summed E-state index contributed by atoms with van der Waals surface area (Å²) in [7, 11) is 0. The van der Waals surface area contributed by atoms with Crippen LogP contribution in [0.1, 0.15) is 6.92 Å². The number of halogens is 2. The fourth-order valence-electron chi connectivity index (χ4n) is 0.207. The molecule has 0 aromatic carbocycles. The van der Waals surface area contributed by atoms with Gasteiger partial charge in [0.2, 0.25) is 0 Å². The van der Waals surface area contributed by atoms with Crippen molar-refractivity contribution in [2.45, 2.75) is 19.0 Å². The maximum absolute atomic E-state index is 11.7. The predicted molar refractivity (Wildman–Crippen MR) is 21.6 cm³/mol. The standard InChI is InChI=1S/C4H6F2O3.Li/c1-4(5,6)2(7)3(8)9;/h2,7H,1H3,(H,8,9);/q;+1/p-1. The van der Waals surface area contributed by atoms with Gasteiger partial charge in [-0.05, 0) is 0 Å². The number of hydrogen-bond donors (Lipinski definition) is 1. The van der Waals surface area contributed by atoms with Crippen LogP contribution in [0.2, 0.25) is 0 Å². The van der Waals surface area contributed by atoms with E-state index in [1.807, 2.05) is 0 Å². The van der Waals surface area contributed by atoms with E-state index < -0.39 is 18.0 Å². The Labute approximate surface area is 68.2 Å². The molecular weight excluding hydrogens is 141 g/mol. The van der Waals surface area contributed by atoms with Gasteiger partial charge in [0.15, 0.2) is 6.10 Å². The number of hydrogen-bond acceptors (Lipinski definition) is 3. The first-order chi connectivity index (χ1) is 3.85. The van der Waals surface area contributed by atoms with Gasteiger partial charge in [0.05, 0.1) is 5.97 Å². The smallest absolute Gasteiger partial charge is 0.547 e. The van der Waals surface area contributed by atoms with Crippen molar-refractivity contribution in [3.63, 3.8) is 0 Å². The average Bonchev–Trinajstić information content (AvgIpc) is 1.62. The summed E-state index contributed by atoms with van der Waals surface area (Å²) < 4.78 is 23.4. The van der Waals surface area contributed by atoms with Crippen molar-refractivity contribution in [3.05, 3.63) is 0 Å². The largest absolute Gasteiger partial charge is 1.00 e. The molecule has 1 N–H and O–H groups in total. The van der Waals surface area contributed by atoms with Crippen molar-refractivity contribution in [2.24, 2.45) is 0 Å². The van der Waals surface area contributed by atoms with Gasteiger partial charge < -0.3 is 15.0 Å². The zero-order valence-electron chi connectivity index (χ0n) is 5.60. The van der Waals surface area contributed by atoms with Gasteiger partial charge in [-0.15, -0.1) is 0 Å². The summed E-state index contributed by atoms with van der Waals surface area (Å²) in [5.41, 5.74) is 0. The molecule has 1 unspecified atom stereocenters. The number of aliphatic carboxylic acids is 1. The number of rotatable bonds is 2. The summed E-state index contributed by atoms with van der Waals surface area (Å²) >= 11 is 0. The Bertz CT molecular complexity index is 122. The van der Waals surface area contributed by atoms with Gasteiger partial charge in [-0.1, -0.05) is 0 Å². The summed E-state index contributed by atoms with van der Waals surface area (Å²) in [6, 6.07) is 0. The first kappa shape index (κ1) is 12.6. The zero-order chi connectivity index (χ0) is 7.65. The maximum Gasteiger partial charge on any atom is 1.00 e. The Morgan fingerprint density at radius 2 is 2.00 bits per heavy atom. The van der Waals surface area contributed by atoms with Crippen LogP contribution >= 0.6 is 0 Å². The first-order valence-corrected chi connectivity index (χ1v) is 2.12. The second-order valence-corrected chi connectivity index (χ2v) is 1.68. The van der Waals surface area contributed by atoms with Crippen LogP contribution in [0, 0.1) is 0 Å². The minimum atomic E-state index is -3.63. The molecule has 0 bridgehead atoms. The van der Waals surface area contributed by atoms with Crippen molar-refractivity contribution >= 4 is 5.97 Å². The van der Waals surface area contributed by atoms with Crippen LogP contribution in [-0.2, 0) is 4.79 Å². The molecule has 6 heteroatoms. The van der Waals surface area contributed by atoms with E-state index in [2.05, 4.69) is 0 Å². The first-order valence-electron chi connectivity index (χ1n) is 2.12. The Morgan fingerprint density at radius 3 is 2.00 bits per heavy atom. The number of carbonyl (C=O) groups is 1. The SMILES string of the molecule is CC(F)(F)C(O)C(=O)[O-].[Li+]. The third kappa shape index (κ3) is 3.83. The molecule has 0 saturated heterocycles. The van der Waals surface area contributed by atoms with Crippen molar-refractivity contribution in [2.75, 3.05) is 0 Å². The van der Waals surface area contributed by atoms with Gasteiger partial charge >= 0.3 is 18.9 Å². The third-order valence-electron chi connectivity index (χ3n) is 0.703. The molecule has 0 heterocycles. The van der Waals surface area contributed by atoms with Crippen LogP contribution in [-0.4, -0.2) is 23.1 Å². The molecule has 10 heavy (non-hydrogen) atoms. The molecule has 0 aromatic heterocycles. The Morgan fingerprint density at radius 1 is 1.70 bits per heavy atom. The monoisotopic (exact) mass is 146 g/mol. The molecule has 0 saturated carbocycles. The molecule has 0 spiro atoms. The van der Waals surface area contributed by atoms with E-state index in [1.165, 1.54) is 0 Å². The Hall–Kier alpha value is -0.113. The number of aliphatic hydroxyl groups excluding tert-OH is 1. The van der Waals surface area contributed by atoms with Gasteiger partial charge in [0.1, 0.15) is 0 Å². The van der Waals surface area contributed by atoms with Gasteiger partial charge in [0.25, 0.3) is 5.92 Å². The molecule has 0 aliphatic heterocycles. The second-order valence-electron chi connectivity index (χ2n) is 1.68. The number of carboxylic acids is 1. The molecular formula is C4H5F2LiO3. The predicted octanol–water partition coefficient (Wildman–Crippen LogP) is -4.24. The maximum atomic E-state index is 11.7. The number of alkyl halides is 2. The summed E-state index contributed by atoms with van der Waals surface area (Å²) in [6.07, 6.45) is -2.71. The molecule has 0 amide bonds. The van der Waals surface area contributed by atoms with Crippen LogP contribution in [0.4, 0.5) is 8.78 Å². The molecule has 0 aliphatic carbocycles. The van der Waals surface area contributed by atoms with Crippen molar-refractivity contribution in [1.82, 2.24) is 0 Å². The minimum Gasteiger partial charge on any atom is -0.547 e.